The van der Waals surface area contributed by atoms with Crippen molar-refractivity contribution in [2.45, 2.75) is 51.0 Å². The summed E-state index contributed by atoms with van der Waals surface area (Å²) >= 11 is 0. The standard InChI is InChI=1S/C12H22N2O/c1-12(10-6-3-2-4-7-10)11(15)13-8-5-9-14-12/h10,14H,2-9H2,1H3,(H,13,15). The van der Waals surface area contributed by atoms with Gasteiger partial charge in [0.1, 0.15) is 0 Å². The van der Waals surface area contributed by atoms with Gasteiger partial charge >= 0.3 is 0 Å². The molecule has 0 aromatic rings. The number of amides is 1. The maximum Gasteiger partial charge on any atom is 0.240 e. The van der Waals surface area contributed by atoms with Gasteiger partial charge in [-0.2, -0.15) is 0 Å². The van der Waals surface area contributed by atoms with Crippen molar-refractivity contribution in [3.05, 3.63) is 0 Å². The second-order valence-electron chi connectivity index (χ2n) is 5.07. The van der Waals surface area contributed by atoms with E-state index in [9.17, 15) is 4.79 Å². The number of hydrogen-bond donors (Lipinski definition) is 2. The molecular formula is C12H22N2O. The minimum absolute atomic E-state index is 0.215. The van der Waals surface area contributed by atoms with Crippen LogP contribution in [0.2, 0.25) is 0 Å². The van der Waals surface area contributed by atoms with Crippen LogP contribution in [0.3, 0.4) is 0 Å². The van der Waals surface area contributed by atoms with E-state index in [0.717, 1.165) is 19.5 Å². The summed E-state index contributed by atoms with van der Waals surface area (Å²) < 4.78 is 0. The van der Waals surface area contributed by atoms with E-state index in [4.69, 9.17) is 0 Å². The summed E-state index contributed by atoms with van der Waals surface area (Å²) in [4.78, 5) is 12.1. The van der Waals surface area contributed by atoms with E-state index in [1.165, 1.54) is 32.1 Å². The lowest BCUT2D eigenvalue weighted by Gasteiger charge is -2.38. The number of nitrogens with one attached hydrogen (secondary N) is 2. The van der Waals surface area contributed by atoms with E-state index in [1.54, 1.807) is 0 Å². The summed E-state index contributed by atoms with van der Waals surface area (Å²) in [6.07, 6.45) is 7.38. The third-order valence-corrected chi connectivity index (χ3v) is 4.02. The summed E-state index contributed by atoms with van der Waals surface area (Å²) in [6.45, 7) is 3.88. The van der Waals surface area contributed by atoms with E-state index in [0.29, 0.717) is 5.92 Å². The molecule has 0 aromatic heterocycles. The first-order chi connectivity index (χ1) is 7.23. The molecule has 2 N–H and O–H groups in total. The molecule has 1 aliphatic heterocycles. The molecule has 86 valence electrons. The zero-order valence-electron chi connectivity index (χ0n) is 9.64. The predicted octanol–water partition coefficient (Wildman–Crippen LogP) is 1.43. The van der Waals surface area contributed by atoms with Crippen LogP contribution in [0.5, 0.6) is 0 Å². The van der Waals surface area contributed by atoms with Crippen molar-refractivity contribution >= 4 is 5.91 Å². The Morgan fingerprint density at radius 3 is 2.60 bits per heavy atom. The lowest BCUT2D eigenvalue weighted by atomic mass is 9.75. The van der Waals surface area contributed by atoms with Crippen LogP contribution in [0, 0.1) is 5.92 Å². The van der Waals surface area contributed by atoms with Crippen molar-refractivity contribution in [1.82, 2.24) is 10.6 Å². The van der Waals surface area contributed by atoms with Crippen LogP contribution in [0.25, 0.3) is 0 Å². The molecule has 0 aromatic carbocycles. The summed E-state index contributed by atoms with van der Waals surface area (Å²) in [5.41, 5.74) is -0.309. The molecule has 1 aliphatic carbocycles. The fourth-order valence-electron chi connectivity index (χ4n) is 2.91. The minimum atomic E-state index is -0.309. The van der Waals surface area contributed by atoms with E-state index in [-0.39, 0.29) is 11.4 Å². The molecule has 0 spiro atoms. The molecule has 1 heterocycles. The summed E-state index contributed by atoms with van der Waals surface area (Å²) in [6, 6.07) is 0. The molecule has 2 rings (SSSR count). The van der Waals surface area contributed by atoms with Crippen LogP contribution in [0.15, 0.2) is 0 Å². The summed E-state index contributed by atoms with van der Waals surface area (Å²) in [7, 11) is 0. The second kappa shape index (κ2) is 4.52. The third-order valence-electron chi connectivity index (χ3n) is 4.02. The van der Waals surface area contributed by atoms with Crippen LogP contribution in [0.4, 0.5) is 0 Å². The average molecular weight is 210 g/mol. The molecule has 1 unspecified atom stereocenters. The Bertz CT molecular complexity index is 236. The lowest BCUT2D eigenvalue weighted by Crippen LogP contribution is -2.58. The fraction of sp³-hybridized carbons (Fsp3) is 0.917. The quantitative estimate of drug-likeness (QED) is 0.687. The van der Waals surface area contributed by atoms with Gasteiger partial charge in [-0.1, -0.05) is 19.3 Å². The smallest absolute Gasteiger partial charge is 0.240 e. The van der Waals surface area contributed by atoms with Gasteiger partial charge in [0.2, 0.25) is 5.91 Å². The van der Waals surface area contributed by atoms with Crippen LogP contribution in [0.1, 0.15) is 45.4 Å². The molecule has 0 bridgehead atoms. The summed E-state index contributed by atoms with van der Waals surface area (Å²) in [5.74, 6) is 0.747. The highest BCUT2D eigenvalue weighted by Crippen LogP contribution is 2.33. The monoisotopic (exact) mass is 210 g/mol. The van der Waals surface area contributed by atoms with Crippen LogP contribution in [-0.2, 0) is 4.79 Å². The zero-order valence-corrected chi connectivity index (χ0v) is 9.64. The Morgan fingerprint density at radius 1 is 1.13 bits per heavy atom. The van der Waals surface area contributed by atoms with Gasteiger partial charge in [-0.25, -0.2) is 0 Å². The molecule has 3 heteroatoms. The van der Waals surface area contributed by atoms with Crippen molar-refractivity contribution < 1.29 is 4.79 Å². The first kappa shape index (κ1) is 10.9. The maximum absolute atomic E-state index is 12.1. The molecule has 15 heavy (non-hydrogen) atoms. The Kier molecular flexibility index (Phi) is 3.29. The second-order valence-corrected chi connectivity index (χ2v) is 5.07. The van der Waals surface area contributed by atoms with Gasteiger partial charge in [0.15, 0.2) is 0 Å². The molecule has 3 nitrogen and oxygen atoms in total. The van der Waals surface area contributed by atoms with Crippen LogP contribution < -0.4 is 10.6 Å². The van der Waals surface area contributed by atoms with Crippen molar-refractivity contribution in [2.24, 2.45) is 5.92 Å². The van der Waals surface area contributed by atoms with Gasteiger partial charge in [-0.3, -0.25) is 4.79 Å². The van der Waals surface area contributed by atoms with Crippen LogP contribution in [-0.4, -0.2) is 24.5 Å². The van der Waals surface area contributed by atoms with Crippen LogP contribution >= 0.6 is 0 Å². The molecule has 1 saturated carbocycles. The van der Waals surface area contributed by atoms with Gasteiger partial charge in [-0.15, -0.1) is 0 Å². The van der Waals surface area contributed by atoms with Crippen molar-refractivity contribution in [3.8, 4) is 0 Å². The average Bonchev–Trinajstić information content (AvgIpc) is 2.44. The van der Waals surface area contributed by atoms with Gasteiger partial charge in [0.25, 0.3) is 0 Å². The first-order valence-corrected chi connectivity index (χ1v) is 6.27. The molecular weight excluding hydrogens is 188 g/mol. The molecule has 0 radical (unpaired) electrons. The molecule has 2 fully saturated rings. The van der Waals surface area contributed by atoms with Gasteiger partial charge in [-0.05, 0) is 38.6 Å². The largest absolute Gasteiger partial charge is 0.354 e. The highest BCUT2D eigenvalue weighted by molar-refractivity contribution is 5.86. The number of carbonyl (C=O) groups is 1. The first-order valence-electron chi connectivity index (χ1n) is 6.27. The van der Waals surface area contributed by atoms with Crippen molar-refractivity contribution in [3.63, 3.8) is 0 Å². The molecule has 2 aliphatic rings. The molecule has 1 atom stereocenters. The van der Waals surface area contributed by atoms with E-state index in [2.05, 4.69) is 17.6 Å². The third kappa shape index (κ3) is 2.17. The lowest BCUT2D eigenvalue weighted by molar-refractivity contribution is -0.129. The normalized spacial score (nSPS) is 34.6. The SMILES string of the molecule is CC1(C2CCCCC2)NCCCNC1=O. The van der Waals surface area contributed by atoms with E-state index in [1.807, 2.05) is 0 Å². The maximum atomic E-state index is 12.1. The zero-order chi connectivity index (χ0) is 10.7. The Balaban J connectivity index is 2.09. The molecule has 1 saturated heterocycles. The number of hydrogen-bond acceptors (Lipinski definition) is 2. The topological polar surface area (TPSA) is 41.1 Å². The predicted molar refractivity (Wildman–Crippen MR) is 60.6 cm³/mol. The number of carbonyl (C=O) groups excluding carboxylic acids is 1. The van der Waals surface area contributed by atoms with Gasteiger partial charge in [0.05, 0.1) is 5.54 Å². The Hall–Kier alpha value is -0.570. The van der Waals surface area contributed by atoms with Gasteiger partial charge < -0.3 is 10.6 Å². The van der Waals surface area contributed by atoms with Crippen molar-refractivity contribution in [2.75, 3.05) is 13.1 Å². The Morgan fingerprint density at radius 2 is 1.87 bits per heavy atom. The van der Waals surface area contributed by atoms with E-state index >= 15 is 0 Å². The van der Waals surface area contributed by atoms with E-state index < -0.39 is 0 Å². The highest BCUT2D eigenvalue weighted by Gasteiger charge is 2.41. The molecule has 1 amide bonds. The minimum Gasteiger partial charge on any atom is -0.354 e. The van der Waals surface area contributed by atoms with Gasteiger partial charge in [0, 0.05) is 6.54 Å². The summed E-state index contributed by atoms with van der Waals surface area (Å²) in [5, 5.41) is 6.50. The fourth-order valence-corrected chi connectivity index (χ4v) is 2.91. The number of rotatable bonds is 1. The Labute approximate surface area is 92.0 Å². The highest BCUT2D eigenvalue weighted by atomic mass is 16.2. The van der Waals surface area contributed by atoms with Crippen molar-refractivity contribution in [1.29, 1.82) is 0 Å².